The van der Waals surface area contributed by atoms with E-state index < -0.39 is 74.8 Å². The molecule has 2 aliphatic carbocycles. The number of carbonyl (C=O) groups is 5. The Morgan fingerprint density at radius 2 is 1.82 bits per heavy atom. The zero-order valence-electron chi connectivity index (χ0n) is 29.3. The van der Waals surface area contributed by atoms with Crippen LogP contribution in [0, 0.1) is 17.7 Å². The number of hydrogen-bond acceptors (Lipinski definition) is 9. The molecule has 14 nitrogen and oxygen atoms in total. The number of carbonyl (C=O) groups excluding carboxylic acids is 5. The van der Waals surface area contributed by atoms with Crippen molar-refractivity contribution in [3.05, 3.63) is 47.3 Å². The summed E-state index contributed by atoms with van der Waals surface area (Å²) in [7, 11) is -3.55. The third-order valence-electron chi connectivity index (χ3n) is 9.44. The third-order valence-corrected chi connectivity index (χ3v) is 11.3. The molecule has 16 heteroatoms. The minimum Gasteiger partial charge on any atom is -0.444 e. The number of amides is 5. The van der Waals surface area contributed by atoms with E-state index in [4.69, 9.17) is 15.2 Å². The molecule has 4 aliphatic rings. The Kier molecular flexibility index (Phi) is 11.6. The Hall–Kier alpha value is -4.21. The van der Waals surface area contributed by atoms with Crippen LogP contribution in [-0.4, -0.2) is 83.7 Å². The van der Waals surface area contributed by atoms with Crippen LogP contribution in [0.25, 0.3) is 0 Å². The summed E-state index contributed by atoms with van der Waals surface area (Å²) in [6, 6.07) is 2.52. The number of allylic oxidation sites excluding steroid dienone is 2. The summed E-state index contributed by atoms with van der Waals surface area (Å²) in [5.74, 6) is -2.51. The average molecular weight is 734 g/mol. The van der Waals surface area contributed by atoms with Crippen molar-refractivity contribution in [2.45, 2.75) is 121 Å². The lowest BCUT2D eigenvalue weighted by molar-refractivity contribution is -0.139. The van der Waals surface area contributed by atoms with Gasteiger partial charge in [-0.25, -0.2) is 22.4 Å². The number of unbranched alkanes of at least 4 members (excludes halogenated alkanes) is 3. The molecule has 51 heavy (non-hydrogen) atoms. The van der Waals surface area contributed by atoms with Crippen molar-refractivity contribution in [2.24, 2.45) is 17.6 Å². The monoisotopic (exact) mass is 733 g/mol. The molecule has 2 heterocycles. The largest absolute Gasteiger partial charge is 0.444 e. The number of nitrogens with zero attached hydrogens (tertiary/aromatic N) is 2. The van der Waals surface area contributed by atoms with Crippen molar-refractivity contribution >= 4 is 39.9 Å². The average Bonchev–Trinajstić information content (AvgIpc) is 3.95. The van der Waals surface area contributed by atoms with E-state index in [0.29, 0.717) is 49.7 Å². The summed E-state index contributed by atoms with van der Waals surface area (Å²) < 4.78 is 51.5. The van der Waals surface area contributed by atoms with Crippen LogP contribution < -0.4 is 15.8 Å². The molecule has 5 rings (SSSR count). The Balaban J connectivity index is 1.11. The number of sulfonamides is 1. The van der Waals surface area contributed by atoms with Crippen LogP contribution in [0.15, 0.2) is 30.4 Å². The Labute approximate surface area is 297 Å². The molecule has 0 aromatic heterocycles. The van der Waals surface area contributed by atoms with Gasteiger partial charge in [0.2, 0.25) is 27.7 Å². The number of rotatable bonds is 14. The van der Waals surface area contributed by atoms with E-state index in [-0.39, 0.29) is 44.3 Å². The normalized spacial score (nSPS) is 23.5. The molecule has 5 amide bonds. The fourth-order valence-electron chi connectivity index (χ4n) is 6.50. The first-order valence-corrected chi connectivity index (χ1v) is 19.1. The van der Waals surface area contributed by atoms with E-state index in [0.717, 1.165) is 6.42 Å². The lowest BCUT2D eigenvalue weighted by Crippen LogP contribution is -2.53. The Morgan fingerprint density at radius 3 is 2.49 bits per heavy atom. The van der Waals surface area contributed by atoms with Crippen LogP contribution in [0.5, 0.6) is 0 Å². The summed E-state index contributed by atoms with van der Waals surface area (Å²) >= 11 is 0. The predicted molar refractivity (Wildman–Crippen MR) is 182 cm³/mol. The number of alkyl carbamates (subject to hydrolysis) is 1. The van der Waals surface area contributed by atoms with Crippen LogP contribution >= 0.6 is 0 Å². The lowest BCUT2D eigenvalue weighted by atomic mass is 10.0. The zero-order valence-corrected chi connectivity index (χ0v) is 30.1. The van der Waals surface area contributed by atoms with Gasteiger partial charge in [0.15, 0.2) is 0 Å². The van der Waals surface area contributed by atoms with Gasteiger partial charge >= 0.3 is 12.2 Å². The van der Waals surface area contributed by atoms with Gasteiger partial charge < -0.3 is 25.4 Å². The standard InChI is InChI=1S/C35H48FN5O9S/c1-35(2,3)50-33(45)38-28(13-8-6-4-5-7-10-21-16-25(21)31(43)39-51(47,48)24-14-15-24)32(44)41-19-23(17-29(41)30(37)42)49-34(46)40-18-22-11-9-12-27(36)26(22)20-40/h7,9-12,21,23-25,28-29H,4-6,8,13-20H2,1-3H3,(H2,37,42)(H,38,45)(H,39,43)/b10-7-/t21-,23-,25+,28+,29+/m1/s1. The molecule has 2 saturated carbocycles. The van der Waals surface area contributed by atoms with Crippen molar-refractivity contribution in [3.8, 4) is 0 Å². The van der Waals surface area contributed by atoms with Crippen LogP contribution in [0.3, 0.4) is 0 Å². The number of fused-ring (bicyclic) bond motifs is 1. The molecular weight excluding hydrogens is 685 g/mol. The van der Waals surface area contributed by atoms with Gasteiger partial charge in [0, 0.05) is 24.4 Å². The number of likely N-dealkylation sites (tertiary alicyclic amines) is 1. The van der Waals surface area contributed by atoms with E-state index >= 15 is 0 Å². The van der Waals surface area contributed by atoms with Gasteiger partial charge in [-0.05, 0) is 76.8 Å². The molecule has 0 unspecified atom stereocenters. The van der Waals surface area contributed by atoms with Crippen molar-refractivity contribution in [1.82, 2.24) is 19.8 Å². The van der Waals surface area contributed by atoms with E-state index in [9.17, 15) is 36.8 Å². The Morgan fingerprint density at radius 1 is 1.08 bits per heavy atom. The molecular formula is C35H48FN5O9S. The summed E-state index contributed by atoms with van der Waals surface area (Å²) in [5.41, 5.74) is 5.94. The topological polar surface area (TPSA) is 195 Å². The fourth-order valence-corrected chi connectivity index (χ4v) is 7.85. The van der Waals surface area contributed by atoms with Crippen LogP contribution in [-0.2, 0) is 47.0 Å². The van der Waals surface area contributed by atoms with Crippen LogP contribution in [0.1, 0.15) is 89.7 Å². The lowest BCUT2D eigenvalue weighted by Gasteiger charge is -2.28. The van der Waals surface area contributed by atoms with E-state index in [1.807, 2.05) is 12.2 Å². The SMILES string of the molecule is CC(C)(C)OC(=O)N[C@@H](CCCCC/C=C\[C@@H]1C[C@@H]1C(=O)NS(=O)(=O)C1CC1)C(=O)N1C[C@H](OC(=O)N2Cc3cccc(F)c3C2)C[C@H]1C(N)=O. The molecule has 0 bridgehead atoms. The highest BCUT2D eigenvalue weighted by atomic mass is 32.2. The van der Waals surface area contributed by atoms with E-state index in [1.54, 1.807) is 32.9 Å². The quantitative estimate of drug-likeness (QED) is 0.190. The van der Waals surface area contributed by atoms with Gasteiger partial charge in [-0.15, -0.1) is 0 Å². The smallest absolute Gasteiger partial charge is 0.410 e. The third kappa shape index (κ3) is 10.2. The summed E-state index contributed by atoms with van der Waals surface area (Å²) in [6.45, 7) is 5.18. The van der Waals surface area contributed by atoms with E-state index in [1.165, 1.54) is 15.9 Å². The van der Waals surface area contributed by atoms with Gasteiger partial charge in [0.1, 0.15) is 29.6 Å². The zero-order chi connectivity index (χ0) is 37.1. The van der Waals surface area contributed by atoms with Gasteiger partial charge in [0.25, 0.3) is 0 Å². The highest BCUT2D eigenvalue weighted by Crippen LogP contribution is 2.40. The maximum Gasteiger partial charge on any atom is 0.410 e. The van der Waals surface area contributed by atoms with Crippen LogP contribution in [0.2, 0.25) is 0 Å². The van der Waals surface area contributed by atoms with Crippen molar-refractivity contribution < 1.29 is 46.3 Å². The van der Waals surface area contributed by atoms with Crippen molar-refractivity contribution in [2.75, 3.05) is 6.54 Å². The molecule has 2 aliphatic heterocycles. The molecule has 4 N–H and O–H groups in total. The number of nitrogens with two attached hydrogens (primary N) is 1. The van der Waals surface area contributed by atoms with Gasteiger partial charge in [-0.2, -0.15) is 0 Å². The Bertz CT molecular complexity index is 1660. The second kappa shape index (κ2) is 15.6. The minimum absolute atomic E-state index is 0.0100. The van der Waals surface area contributed by atoms with Crippen molar-refractivity contribution in [3.63, 3.8) is 0 Å². The second-order valence-electron chi connectivity index (χ2n) is 14.9. The molecule has 280 valence electrons. The number of nitrogens with one attached hydrogen (secondary N) is 2. The molecule has 5 atom stereocenters. The first-order chi connectivity index (χ1) is 24.0. The molecule has 3 fully saturated rings. The highest BCUT2D eigenvalue weighted by molar-refractivity contribution is 7.90. The number of primary amides is 1. The van der Waals surface area contributed by atoms with Gasteiger partial charge in [-0.1, -0.05) is 37.1 Å². The number of ether oxygens (including phenoxy) is 2. The minimum atomic E-state index is -3.55. The van der Waals surface area contributed by atoms with Gasteiger partial charge in [0.05, 0.1) is 18.3 Å². The van der Waals surface area contributed by atoms with Crippen molar-refractivity contribution in [1.29, 1.82) is 0 Å². The first kappa shape index (κ1) is 38.0. The first-order valence-electron chi connectivity index (χ1n) is 17.6. The molecule has 1 aromatic carbocycles. The predicted octanol–water partition coefficient (Wildman–Crippen LogP) is 3.38. The summed E-state index contributed by atoms with van der Waals surface area (Å²) in [5, 5.41) is 2.20. The highest BCUT2D eigenvalue weighted by Gasteiger charge is 2.45. The maximum absolute atomic E-state index is 14.2. The molecule has 1 aromatic rings. The number of halogens is 1. The maximum atomic E-state index is 14.2. The van der Waals surface area contributed by atoms with Gasteiger partial charge in [-0.3, -0.25) is 24.0 Å². The fraction of sp³-hybridized carbons (Fsp3) is 0.629. The number of benzene rings is 1. The molecule has 0 spiro atoms. The molecule has 1 saturated heterocycles. The molecule has 0 radical (unpaired) electrons. The van der Waals surface area contributed by atoms with E-state index in [2.05, 4.69) is 10.0 Å². The second-order valence-corrected chi connectivity index (χ2v) is 16.8. The van der Waals surface area contributed by atoms with Crippen LogP contribution in [0.4, 0.5) is 14.0 Å². The summed E-state index contributed by atoms with van der Waals surface area (Å²) in [4.78, 5) is 66.9. The summed E-state index contributed by atoms with van der Waals surface area (Å²) in [6.07, 6.45) is 6.30. The number of hydrogen-bond donors (Lipinski definition) is 3.